The van der Waals surface area contributed by atoms with Gasteiger partial charge in [0.1, 0.15) is 11.4 Å². The van der Waals surface area contributed by atoms with Crippen molar-refractivity contribution in [1.29, 1.82) is 0 Å². The third-order valence-electron chi connectivity index (χ3n) is 2.50. The molecule has 2 aromatic rings. The Balaban J connectivity index is 2.50. The Bertz CT molecular complexity index is 700. The van der Waals surface area contributed by atoms with E-state index in [1.54, 1.807) is 0 Å². The van der Waals surface area contributed by atoms with Crippen LogP contribution in [-0.4, -0.2) is 14.7 Å². The van der Waals surface area contributed by atoms with E-state index >= 15 is 0 Å². The van der Waals surface area contributed by atoms with Crippen LogP contribution in [0, 0.1) is 17.0 Å². The number of benzene rings is 1. The number of aromatic nitrogens is 2. The number of hydrogen-bond donors (Lipinski definition) is 0. The summed E-state index contributed by atoms with van der Waals surface area (Å²) in [5.74, 6) is 0.125. The average Bonchev–Trinajstić information content (AvgIpc) is 2.61. The normalized spacial score (nSPS) is 10.7. The van der Waals surface area contributed by atoms with E-state index in [1.165, 1.54) is 30.8 Å². The highest BCUT2D eigenvalue weighted by atomic mass is 35.5. The molecular formula is C11H8Cl3N3O3. The van der Waals surface area contributed by atoms with Crippen LogP contribution in [-0.2, 0) is 7.05 Å². The molecule has 0 saturated carbocycles. The van der Waals surface area contributed by atoms with Crippen molar-refractivity contribution in [2.75, 3.05) is 0 Å². The quantitative estimate of drug-likeness (QED) is 0.473. The van der Waals surface area contributed by atoms with Crippen molar-refractivity contribution in [2.45, 2.75) is 6.92 Å². The van der Waals surface area contributed by atoms with Gasteiger partial charge in [0.2, 0.25) is 0 Å². The largest absolute Gasteiger partial charge is 0.432 e. The fourth-order valence-corrected chi connectivity index (χ4v) is 2.21. The lowest BCUT2D eigenvalue weighted by Gasteiger charge is -2.08. The van der Waals surface area contributed by atoms with Crippen LogP contribution in [0.15, 0.2) is 12.1 Å². The molecule has 2 rings (SSSR count). The highest BCUT2D eigenvalue weighted by Gasteiger charge is 2.27. The van der Waals surface area contributed by atoms with Gasteiger partial charge in [-0.3, -0.25) is 10.1 Å². The third-order valence-corrected chi connectivity index (χ3v) is 3.52. The van der Waals surface area contributed by atoms with Gasteiger partial charge in [0, 0.05) is 13.1 Å². The molecule has 0 fully saturated rings. The Hall–Kier alpha value is -1.50. The van der Waals surface area contributed by atoms with Crippen LogP contribution in [0.1, 0.15) is 5.69 Å². The van der Waals surface area contributed by atoms with Crippen LogP contribution in [0.5, 0.6) is 11.6 Å². The maximum Gasteiger partial charge on any atom is 0.353 e. The summed E-state index contributed by atoms with van der Waals surface area (Å²) in [6.45, 7) is 1.52. The van der Waals surface area contributed by atoms with Gasteiger partial charge in [0.15, 0.2) is 0 Å². The zero-order valence-corrected chi connectivity index (χ0v) is 12.6. The van der Waals surface area contributed by atoms with Crippen LogP contribution in [0.4, 0.5) is 5.69 Å². The number of halogens is 3. The second-order valence-corrected chi connectivity index (χ2v) is 5.14. The van der Waals surface area contributed by atoms with Crippen molar-refractivity contribution in [3.8, 4) is 11.6 Å². The van der Waals surface area contributed by atoms with Crippen molar-refractivity contribution >= 4 is 40.5 Å². The standard InChI is InChI=1S/C11H8Cl3N3O3/c1-5-10(17(18)19)11(16(2)15-5)20-9-4-7(13)6(12)3-8(9)14/h3-4H,1-2H3. The van der Waals surface area contributed by atoms with Gasteiger partial charge < -0.3 is 4.74 Å². The molecule has 0 amide bonds. The maximum absolute atomic E-state index is 11.0. The Morgan fingerprint density at radius 3 is 2.45 bits per heavy atom. The SMILES string of the molecule is Cc1nn(C)c(Oc2cc(Cl)c(Cl)cc2Cl)c1[N+](=O)[O-]. The first-order valence-corrected chi connectivity index (χ1v) is 6.45. The van der Waals surface area contributed by atoms with Gasteiger partial charge in [-0.1, -0.05) is 34.8 Å². The summed E-state index contributed by atoms with van der Waals surface area (Å²) >= 11 is 17.7. The molecule has 0 radical (unpaired) electrons. The van der Waals surface area contributed by atoms with E-state index in [1.807, 2.05) is 0 Å². The monoisotopic (exact) mass is 335 g/mol. The highest BCUT2D eigenvalue weighted by Crippen LogP contribution is 2.39. The molecule has 6 nitrogen and oxygen atoms in total. The summed E-state index contributed by atoms with van der Waals surface area (Å²) < 4.78 is 6.73. The minimum Gasteiger partial charge on any atom is -0.432 e. The first-order chi connectivity index (χ1) is 9.31. The number of nitrogens with zero attached hydrogens (tertiary/aromatic N) is 3. The van der Waals surface area contributed by atoms with Gasteiger partial charge in [0.25, 0.3) is 5.88 Å². The van der Waals surface area contributed by atoms with Gasteiger partial charge in [-0.25, -0.2) is 4.68 Å². The summed E-state index contributed by atoms with van der Waals surface area (Å²) in [6, 6.07) is 2.79. The first-order valence-electron chi connectivity index (χ1n) is 5.31. The molecule has 1 aromatic heterocycles. The molecular weight excluding hydrogens is 328 g/mol. The predicted octanol–water partition coefficient (Wildman–Crippen LogP) is 4.39. The van der Waals surface area contributed by atoms with Gasteiger partial charge in [0.05, 0.1) is 20.0 Å². The molecule has 0 aliphatic carbocycles. The van der Waals surface area contributed by atoms with Crippen LogP contribution in [0.3, 0.4) is 0 Å². The van der Waals surface area contributed by atoms with Crippen LogP contribution < -0.4 is 4.74 Å². The van der Waals surface area contributed by atoms with E-state index in [9.17, 15) is 10.1 Å². The van der Waals surface area contributed by atoms with Crippen molar-refractivity contribution < 1.29 is 9.66 Å². The molecule has 0 aliphatic heterocycles. The molecule has 0 atom stereocenters. The van der Waals surface area contributed by atoms with Crippen molar-refractivity contribution in [2.24, 2.45) is 7.05 Å². The Labute approximate surface area is 129 Å². The lowest BCUT2D eigenvalue weighted by Crippen LogP contribution is -1.98. The minimum atomic E-state index is -0.566. The molecule has 0 saturated heterocycles. The van der Waals surface area contributed by atoms with E-state index in [-0.39, 0.29) is 38.1 Å². The van der Waals surface area contributed by atoms with E-state index in [0.717, 1.165) is 0 Å². The Morgan fingerprint density at radius 2 is 1.85 bits per heavy atom. The van der Waals surface area contributed by atoms with E-state index < -0.39 is 4.92 Å². The molecule has 9 heteroatoms. The van der Waals surface area contributed by atoms with Crippen molar-refractivity contribution in [1.82, 2.24) is 9.78 Å². The van der Waals surface area contributed by atoms with Gasteiger partial charge >= 0.3 is 5.69 Å². The molecule has 0 spiro atoms. The van der Waals surface area contributed by atoms with Crippen LogP contribution in [0.2, 0.25) is 15.1 Å². The number of nitro groups is 1. The number of ether oxygens (including phenoxy) is 1. The Morgan fingerprint density at radius 1 is 1.25 bits per heavy atom. The summed E-state index contributed by atoms with van der Waals surface area (Å²) in [5.41, 5.74) is 0.0123. The fourth-order valence-electron chi connectivity index (χ4n) is 1.64. The molecule has 20 heavy (non-hydrogen) atoms. The smallest absolute Gasteiger partial charge is 0.353 e. The summed E-state index contributed by atoms with van der Waals surface area (Å²) in [4.78, 5) is 10.5. The second kappa shape index (κ2) is 5.47. The van der Waals surface area contributed by atoms with Crippen LogP contribution in [0.25, 0.3) is 0 Å². The minimum absolute atomic E-state index is 0.0345. The Kier molecular flexibility index (Phi) is 4.08. The van der Waals surface area contributed by atoms with Crippen molar-refractivity contribution in [3.63, 3.8) is 0 Å². The van der Waals surface area contributed by atoms with E-state index in [2.05, 4.69) is 5.10 Å². The second-order valence-electron chi connectivity index (χ2n) is 3.92. The summed E-state index contributed by atoms with van der Waals surface area (Å²) in [6.07, 6.45) is 0. The van der Waals surface area contributed by atoms with E-state index in [0.29, 0.717) is 0 Å². The molecule has 0 unspecified atom stereocenters. The van der Waals surface area contributed by atoms with E-state index in [4.69, 9.17) is 39.5 Å². The van der Waals surface area contributed by atoms with Gasteiger partial charge in [-0.05, 0) is 13.0 Å². The number of aryl methyl sites for hydroxylation is 2. The molecule has 0 N–H and O–H groups in total. The summed E-state index contributed by atoms with van der Waals surface area (Å²) in [7, 11) is 1.53. The molecule has 0 aliphatic rings. The lowest BCUT2D eigenvalue weighted by atomic mass is 10.3. The first kappa shape index (κ1) is 14.9. The van der Waals surface area contributed by atoms with Crippen molar-refractivity contribution in [3.05, 3.63) is 43.0 Å². The lowest BCUT2D eigenvalue weighted by molar-refractivity contribution is -0.386. The zero-order chi connectivity index (χ0) is 15.0. The van der Waals surface area contributed by atoms with Gasteiger partial charge in [-0.2, -0.15) is 5.10 Å². The third kappa shape index (κ3) is 2.67. The maximum atomic E-state index is 11.0. The molecule has 106 valence electrons. The van der Waals surface area contributed by atoms with Crippen LogP contribution >= 0.6 is 34.8 Å². The number of hydrogen-bond acceptors (Lipinski definition) is 4. The molecule has 0 bridgehead atoms. The highest BCUT2D eigenvalue weighted by molar-refractivity contribution is 6.43. The van der Waals surface area contributed by atoms with Gasteiger partial charge in [-0.15, -0.1) is 0 Å². The fraction of sp³-hybridized carbons (Fsp3) is 0.182. The topological polar surface area (TPSA) is 70.2 Å². The predicted molar refractivity (Wildman–Crippen MR) is 76.1 cm³/mol. The molecule has 1 aromatic carbocycles. The molecule has 1 heterocycles. The summed E-state index contributed by atoms with van der Waals surface area (Å²) in [5, 5.41) is 15.7. The zero-order valence-electron chi connectivity index (χ0n) is 10.4. The number of rotatable bonds is 3. The average molecular weight is 337 g/mol.